The van der Waals surface area contributed by atoms with Crippen LogP contribution in [0.25, 0.3) is 0 Å². The standard InChI is InChI=1S/C13H19NO2.ClH/c1-9(2)8-11(14)10-4-3-5-12-13(10)16-7-6-15-12;/h3-5,9,11H,6-8,14H2,1-2H3;1H/t11-;/m0./s1. The molecular formula is C13H20ClNO2. The predicted molar refractivity (Wildman–Crippen MR) is 71.1 cm³/mol. The minimum atomic E-state index is 0. The summed E-state index contributed by atoms with van der Waals surface area (Å²) in [4.78, 5) is 0. The van der Waals surface area contributed by atoms with Gasteiger partial charge in [-0.1, -0.05) is 26.0 Å². The number of halogens is 1. The average molecular weight is 258 g/mol. The Morgan fingerprint density at radius 2 is 1.94 bits per heavy atom. The van der Waals surface area contributed by atoms with Crippen LogP contribution in [0.15, 0.2) is 18.2 Å². The maximum absolute atomic E-state index is 6.18. The number of para-hydroxylation sites is 1. The summed E-state index contributed by atoms with van der Waals surface area (Å²) in [6.07, 6.45) is 0.958. The van der Waals surface area contributed by atoms with Gasteiger partial charge in [0.15, 0.2) is 11.5 Å². The third-order valence-electron chi connectivity index (χ3n) is 2.72. The summed E-state index contributed by atoms with van der Waals surface area (Å²) >= 11 is 0. The minimum Gasteiger partial charge on any atom is -0.486 e. The van der Waals surface area contributed by atoms with Crippen molar-refractivity contribution in [3.05, 3.63) is 23.8 Å². The van der Waals surface area contributed by atoms with Gasteiger partial charge < -0.3 is 15.2 Å². The Morgan fingerprint density at radius 3 is 2.65 bits per heavy atom. The van der Waals surface area contributed by atoms with E-state index in [1.165, 1.54) is 0 Å². The zero-order valence-corrected chi connectivity index (χ0v) is 11.1. The second-order valence-electron chi connectivity index (χ2n) is 4.61. The van der Waals surface area contributed by atoms with Crippen molar-refractivity contribution in [3.8, 4) is 11.5 Å². The lowest BCUT2D eigenvalue weighted by molar-refractivity contribution is 0.169. The molecule has 96 valence electrons. The molecule has 1 aliphatic heterocycles. The summed E-state index contributed by atoms with van der Waals surface area (Å²) in [5, 5.41) is 0. The molecule has 1 aromatic carbocycles. The number of nitrogens with two attached hydrogens (primary N) is 1. The van der Waals surface area contributed by atoms with Crippen molar-refractivity contribution in [2.24, 2.45) is 11.7 Å². The molecule has 1 heterocycles. The highest BCUT2D eigenvalue weighted by Gasteiger charge is 2.20. The number of hydrogen-bond acceptors (Lipinski definition) is 3. The Kier molecular flexibility index (Phi) is 5.09. The van der Waals surface area contributed by atoms with Gasteiger partial charge in [0.25, 0.3) is 0 Å². The highest BCUT2D eigenvalue weighted by atomic mass is 35.5. The Labute approximate surface area is 109 Å². The number of hydrogen-bond donors (Lipinski definition) is 1. The lowest BCUT2D eigenvalue weighted by atomic mass is 9.97. The molecule has 0 saturated heterocycles. The first-order valence-corrected chi connectivity index (χ1v) is 5.82. The number of ether oxygens (including phenoxy) is 2. The number of fused-ring (bicyclic) bond motifs is 1. The zero-order chi connectivity index (χ0) is 11.5. The maximum atomic E-state index is 6.18. The summed E-state index contributed by atoms with van der Waals surface area (Å²) in [7, 11) is 0. The molecule has 1 aromatic rings. The average Bonchev–Trinajstić information content (AvgIpc) is 2.27. The summed E-state index contributed by atoms with van der Waals surface area (Å²) < 4.78 is 11.2. The molecule has 0 fully saturated rings. The SMILES string of the molecule is CC(C)C[C@H](N)c1cccc2c1OCCO2.Cl. The van der Waals surface area contributed by atoms with Crippen molar-refractivity contribution in [2.45, 2.75) is 26.3 Å². The fourth-order valence-electron chi connectivity index (χ4n) is 2.02. The van der Waals surface area contributed by atoms with E-state index in [9.17, 15) is 0 Å². The Morgan fingerprint density at radius 1 is 1.24 bits per heavy atom. The third-order valence-corrected chi connectivity index (χ3v) is 2.72. The molecule has 2 rings (SSSR count). The van der Waals surface area contributed by atoms with E-state index in [0.29, 0.717) is 19.1 Å². The zero-order valence-electron chi connectivity index (χ0n) is 10.3. The third kappa shape index (κ3) is 3.27. The molecule has 0 spiro atoms. The first kappa shape index (κ1) is 14.1. The molecular weight excluding hydrogens is 238 g/mol. The monoisotopic (exact) mass is 257 g/mol. The molecule has 0 bridgehead atoms. The van der Waals surface area contributed by atoms with Crippen LogP contribution in [0.5, 0.6) is 11.5 Å². The van der Waals surface area contributed by atoms with Gasteiger partial charge in [-0.3, -0.25) is 0 Å². The van der Waals surface area contributed by atoms with E-state index in [0.717, 1.165) is 23.5 Å². The van der Waals surface area contributed by atoms with E-state index in [4.69, 9.17) is 15.2 Å². The highest BCUT2D eigenvalue weighted by Crippen LogP contribution is 2.37. The molecule has 17 heavy (non-hydrogen) atoms. The van der Waals surface area contributed by atoms with E-state index in [-0.39, 0.29) is 18.4 Å². The Balaban J connectivity index is 0.00000144. The molecule has 3 nitrogen and oxygen atoms in total. The highest BCUT2D eigenvalue weighted by molar-refractivity contribution is 5.85. The van der Waals surface area contributed by atoms with Crippen LogP contribution in [0.4, 0.5) is 0 Å². The normalized spacial score (nSPS) is 15.3. The van der Waals surface area contributed by atoms with Gasteiger partial charge in [-0.05, 0) is 18.4 Å². The summed E-state index contributed by atoms with van der Waals surface area (Å²) in [6.45, 7) is 5.58. The predicted octanol–water partition coefficient (Wildman–Crippen LogP) is 2.93. The Bertz CT molecular complexity index is 368. The maximum Gasteiger partial charge on any atom is 0.166 e. The van der Waals surface area contributed by atoms with Crippen LogP contribution in [-0.2, 0) is 0 Å². The summed E-state index contributed by atoms with van der Waals surface area (Å²) in [6, 6.07) is 5.96. The van der Waals surface area contributed by atoms with Gasteiger partial charge in [0.1, 0.15) is 13.2 Å². The molecule has 2 N–H and O–H groups in total. The lowest BCUT2D eigenvalue weighted by Crippen LogP contribution is -2.20. The molecule has 0 amide bonds. The molecule has 1 atom stereocenters. The van der Waals surface area contributed by atoms with Gasteiger partial charge in [-0.15, -0.1) is 12.4 Å². The Hall–Kier alpha value is -0.930. The lowest BCUT2D eigenvalue weighted by Gasteiger charge is -2.24. The molecule has 0 radical (unpaired) electrons. The molecule has 0 aliphatic carbocycles. The van der Waals surface area contributed by atoms with Crippen molar-refractivity contribution in [3.63, 3.8) is 0 Å². The van der Waals surface area contributed by atoms with E-state index in [2.05, 4.69) is 13.8 Å². The van der Waals surface area contributed by atoms with Crippen LogP contribution >= 0.6 is 12.4 Å². The smallest absolute Gasteiger partial charge is 0.166 e. The van der Waals surface area contributed by atoms with Crippen LogP contribution in [0.1, 0.15) is 31.9 Å². The van der Waals surface area contributed by atoms with Crippen LogP contribution < -0.4 is 15.2 Å². The quantitative estimate of drug-likeness (QED) is 0.906. The van der Waals surface area contributed by atoms with Crippen molar-refractivity contribution in [1.29, 1.82) is 0 Å². The van der Waals surface area contributed by atoms with E-state index in [1.807, 2.05) is 18.2 Å². The van der Waals surface area contributed by atoms with Gasteiger partial charge in [0, 0.05) is 11.6 Å². The van der Waals surface area contributed by atoms with Crippen LogP contribution in [0.3, 0.4) is 0 Å². The first-order chi connectivity index (χ1) is 7.68. The first-order valence-electron chi connectivity index (χ1n) is 5.82. The van der Waals surface area contributed by atoms with Crippen molar-refractivity contribution < 1.29 is 9.47 Å². The largest absolute Gasteiger partial charge is 0.486 e. The van der Waals surface area contributed by atoms with Crippen molar-refractivity contribution in [1.82, 2.24) is 0 Å². The number of rotatable bonds is 3. The van der Waals surface area contributed by atoms with Crippen molar-refractivity contribution >= 4 is 12.4 Å². The summed E-state index contributed by atoms with van der Waals surface area (Å²) in [5.41, 5.74) is 7.25. The molecule has 0 aromatic heterocycles. The summed E-state index contributed by atoms with van der Waals surface area (Å²) in [5.74, 6) is 2.24. The van der Waals surface area contributed by atoms with E-state index < -0.39 is 0 Å². The van der Waals surface area contributed by atoms with E-state index in [1.54, 1.807) is 0 Å². The van der Waals surface area contributed by atoms with Crippen LogP contribution in [-0.4, -0.2) is 13.2 Å². The fraction of sp³-hybridized carbons (Fsp3) is 0.538. The van der Waals surface area contributed by atoms with Gasteiger partial charge in [0.05, 0.1) is 0 Å². The topological polar surface area (TPSA) is 44.5 Å². The van der Waals surface area contributed by atoms with Crippen molar-refractivity contribution in [2.75, 3.05) is 13.2 Å². The molecule has 1 aliphatic rings. The minimum absolute atomic E-state index is 0. The molecule has 4 heteroatoms. The van der Waals surface area contributed by atoms with Gasteiger partial charge in [0.2, 0.25) is 0 Å². The van der Waals surface area contributed by atoms with Crippen LogP contribution in [0.2, 0.25) is 0 Å². The molecule has 0 unspecified atom stereocenters. The second-order valence-corrected chi connectivity index (χ2v) is 4.61. The second kappa shape index (κ2) is 6.12. The van der Waals surface area contributed by atoms with E-state index >= 15 is 0 Å². The van der Waals surface area contributed by atoms with Crippen LogP contribution in [0, 0.1) is 5.92 Å². The number of benzene rings is 1. The fourth-order valence-corrected chi connectivity index (χ4v) is 2.02. The van der Waals surface area contributed by atoms with Gasteiger partial charge in [-0.25, -0.2) is 0 Å². The molecule has 0 saturated carbocycles. The van der Waals surface area contributed by atoms with Gasteiger partial charge >= 0.3 is 0 Å². The van der Waals surface area contributed by atoms with Gasteiger partial charge in [-0.2, -0.15) is 0 Å².